The summed E-state index contributed by atoms with van der Waals surface area (Å²) in [6.07, 6.45) is 4.27. The number of nitrogens with one attached hydrogen (secondary N) is 1. The molecule has 0 bridgehead atoms. The lowest BCUT2D eigenvalue weighted by Crippen LogP contribution is -2.20. The highest BCUT2D eigenvalue weighted by Gasteiger charge is 2.15. The number of hydrogen-bond donors (Lipinski definition) is 2. The molecule has 3 N–H and O–H groups in total. The van der Waals surface area contributed by atoms with Crippen LogP contribution in [-0.4, -0.2) is 21.1 Å². The van der Waals surface area contributed by atoms with Gasteiger partial charge in [-0.1, -0.05) is 29.8 Å². The van der Waals surface area contributed by atoms with Crippen LogP contribution in [0.25, 0.3) is 28.0 Å². The number of unbranched alkanes of at least 4 members (excludes halogenated alkanes) is 1. The number of nitrogens with two attached hydrogens (primary N) is 1. The predicted molar refractivity (Wildman–Crippen MR) is 114 cm³/mol. The molecule has 0 aliphatic rings. The predicted octanol–water partition coefficient (Wildman–Crippen LogP) is 4.45. The number of para-hydroxylation sites is 1. The van der Waals surface area contributed by atoms with Crippen LogP contribution in [-0.2, 0) is 6.42 Å². The summed E-state index contributed by atoms with van der Waals surface area (Å²) in [6.45, 7) is 0.619. The molecule has 2 heterocycles. The second kappa shape index (κ2) is 8.19. The zero-order chi connectivity index (χ0) is 20.4. The molecule has 0 unspecified atom stereocenters. The first-order valence-electron chi connectivity index (χ1n) is 9.43. The van der Waals surface area contributed by atoms with E-state index in [1.54, 1.807) is 24.4 Å². The van der Waals surface area contributed by atoms with Gasteiger partial charge in [-0.2, -0.15) is 4.98 Å². The molecule has 0 atom stereocenters. The summed E-state index contributed by atoms with van der Waals surface area (Å²) in [5.74, 6) is -0.501. The van der Waals surface area contributed by atoms with Gasteiger partial charge in [0.05, 0.1) is 16.4 Å². The normalized spacial score (nSPS) is 11.3. The van der Waals surface area contributed by atoms with E-state index in [-0.39, 0.29) is 5.02 Å². The quantitative estimate of drug-likeness (QED) is 0.461. The number of nitrogens with zero attached hydrogens (tertiary/aromatic N) is 2. The van der Waals surface area contributed by atoms with Crippen molar-refractivity contribution in [1.82, 2.24) is 14.5 Å². The fourth-order valence-corrected chi connectivity index (χ4v) is 3.61. The number of hydrogen-bond acceptors (Lipinski definition) is 3. The Hall–Kier alpha value is -2.96. The molecule has 0 spiro atoms. The molecular weight excluding hydrogens is 391 g/mol. The van der Waals surface area contributed by atoms with Gasteiger partial charge in [0.25, 0.3) is 0 Å². The maximum atomic E-state index is 14.7. The van der Waals surface area contributed by atoms with E-state index < -0.39 is 11.5 Å². The number of benzene rings is 2. The summed E-state index contributed by atoms with van der Waals surface area (Å²) >= 11 is 6.13. The third kappa shape index (κ3) is 3.95. The van der Waals surface area contributed by atoms with Gasteiger partial charge < -0.3 is 10.7 Å². The molecule has 0 fully saturated rings. The van der Waals surface area contributed by atoms with Crippen LogP contribution in [0, 0.1) is 5.82 Å². The number of aryl methyl sites for hydroxylation is 1. The van der Waals surface area contributed by atoms with Crippen molar-refractivity contribution in [2.75, 3.05) is 6.54 Å². The lowest BCUT2D eigenvalue weighted by molar-refractivity contribution is 0.630. The zero-order valence-corrected chi connectivity index (χ0v) is 16.4. The van der Waals surface area contributed by atoms with Crippen molar-refractivity contribution in [3.63, 3.8) is 0 Å². The van der Waals surface area contributed by atoms with Crippen LogP contribution >= 0.6 is 11.6 Å². The Balaban J connectivity index is 1.78. The molecule has 4 rings (SSSR count). The molecule has 7 heteroatoms. The second-order valence-corrected chi connectivity index (χ2v) is 7.31. The van der Waals surface area contributed by atoms with Crippen molar-refractivity contribution in [2.24, 2.45) is 5.73 Å². The van der Waals surface area contributed by atoms with Crippen molar-refractivity contribution in [2.45, 2.75) is 19.3 Å². The largest absolute Gasteiger partial charge is 0.354 e. The van der Waals surface area contributed by atoms with E-state index in [1.165, 1.54) is 4.57 Å². The van der Waals surface area contributed by atoms with Gasteiger partial charge in [-0.15, -0.1) is 0 Å². The molecule has 148 valence electrons. The van der Waals surface area contributed by atoms with Gasteiger partial charge in [0.2, 0.25) is 0 Å². The number of fused-ring (bicyclic) bond motifs is 1. The SMILES string of the molecule is NCCCCc1cc(Cl)c(F)c(-c2cc3cn(-c4ccccc4)c(=O)nc3[nH]2)c1. The zero-order valence-electron chi connectivity index (χ0n) is 15.7. The van der Waals surface area contributed by atoms with E-state index in [2.05, 4.69) is 9.97 Å². The first-order chi connectivity index (χ1) is 14.1. The number of aromatic amines is 1. The molecule has 5 nitrogen and oxygen atoms in total. The Morgan fingerprint density at radius 1 is 1.14 bits per heavy atom. The van der Waals surface area contributed by atoms with E-state index in [4.69, 9.17) is 17.3 Å². The van der Waals surface area contributed by atoms with Crippen molar-refractivity contribution in [3.05, 3.63) is 81.6 Å². The van der Waals surface area contributed by atoms with Crippen LogP contribution in [0.5, 0.6) is 0 Å². The molecule has 0 radical (unpaired) electrons. The van der Waals surface area contributed by atoms with Crippen LogP contribution in [0.2, 0.25) is 5.02 Å². The van der Waals surface area contributed by atoms with Gasteiger partial charge >= 0.3 is 5.69 Å². The summed E-state index contributed by atoms with van der Waals surface area (Å²) in [5.41, 5.74) is 8.08. The Bertz CT molecular complexity index is 1220. The summed E-state index contributed by atoms with van der Waals surface area (Å²) in [6, 6.07) is 14.4. The van der Waals surface area contributed by atoms with Gasteiger partial charge in [-0.05, 0) is 61.7 Å². The first kappa shape index (κ1) is 19.4. The van der Waals surface area contributed by atoms with E-state index in [0.29, 0.717) is 34.5 Å². The lowest BCUT2D eigenvalue weighted by atomic mass is 10.0. The van der Waals surface area contributed by atoms with Crippen molar-refractivity contribution < 1.29 is 4.39 Å². The number of rotatable bonds is 6. The smallest absolute Gasteiger partial charge is 0.339 e. The minimum Gasteiger partial charge on any atom is -0.339 e. The minimum atomic E-state index is -0.501. The van der Waals surface area contributed by atoms with Crippen LogP contribution in [0.4, 0.5) is 4.39 Å². The average molecular weight is 411 g/mol. The number of H-pyrrole nitrogens is 1. The number of halogens is 2. The maximum Gasteiger partial charge on any atom is 0.354 e. The highest BCUT2D eigenvalue weighted by molar-refractivity contribution is 6.31. The van der Waals surface area contributed by atoms with Gasteiger partial charge in [0, 0.05) is 17.1 Å². The Kier molecular flexibility index (Phi) is 5.47. The summed E-state index contributed by atoms with van der Waals surface area (Å²) in [4.78, 5) is 19.6. The molecule has 0 amide bonds. The molecule has 2 aromatic carbocycles. The third-order valence-corrected chi connectivity index (χ3v) is 5.12. The Morgan fingerprint density at radius 2 is 1.93 bits per heavy atom. The molecular formula is C22H20ClFN4O. The molecule has 0 aliphatic heterocycles. The van der Waals surface area contributed by atoms with Gasteiger partial charge in [0.15, 0.2) is 5.82 Å². The standard InChI is InChI=1S/C22H20ClFN4O/c23-18-11-14(6-4-5-9-25)10-17(20(18)24)19-12-15-13-28(16-7-2-1-3-8-16)22(29)27-21(15)26-19/h1-3,7-8,10-13H,4-6,9,25H2,(H,26,27,29). The van der Waals surface area contributed by atoms with E-state index in [9.17, 15) is 9.18 Å². The molecule has 0 aliphatic carbocycles. The lowest BCUT2D eigenvalue weighted by Gasteiger charge is -2.07. The highest BCUT2D eigenvalue weighted by atomic mass is 35.5. The van der Waals surface area contributed by atoms with Crippen molar-refractivity contribution in [1.29, 1.82) is 0 Å². The maximum absolute atomic E-state index is 14.7. The summed E-state index contributed by atoms with van der Waals surface area (Å²) < 4.78 is 16.2. The van der Waals surface area contributed by atoms with Crippen molar-refractivity contribution >= 4 is 22.6 Å². The highest BCUT2D eigenvalue weighted by Crippen LogP contribution is 2.31. The molecule has 0 saturated heterocycles. The minimum absolute atomic E-state index is 0.0701. The van der Waals surface area contributed by atoms with E-state index in [1.807, 2.05) is 30.3 Å². The Morgan fingerprint density at radius 3 is 2.69 bits per heavy atom. The molecule has 2 aromatic heterocycles. The fraction of sp³-hybridized carbons (Fsp3) is 0.182. The van der Waals surface area contributed by atoms with Crippen molar-refractivity contribution in [3.8, 4) is 16.9 Å². The molecule has 29 heavy (non-hydrogen) atoms. The second-order valence-electron chi connectivity index (χ2n) is 6.90. The van der Waals surface area contributed by atoms with E-state index in [0.717, 1.165) is 24.8 Å². The van der Waals surface area contributed by atoms with Crippen LogP contribution in [0.15, 0.2) is 59.5 Å². The number of aromatic nitrogens is 3. The van der Waals surface area contributed by atoms with Gasteiger partial charge in [0.1, 0.15) is 5.65 Å². The third-order valence-electron chi connectivity index (χ3n) is 4.84. The molecule has 4 aromatic rings. The summed E-state index contributed by atoms with van der Waals surface area (Å²) in [5, 5.41) is 0.772. The molecule has 0 saturated carbocycles. The first-order valence-corrected chi connectivity index (χ1v) is 9.81. The van der Waals surface area contributed by atoms with Crippen LogP contribution < -0.4 is 11.4 Å². The summed E-state index contributed by atoms with van der Waals surface area (Å²) in [7, 11) is 0. The Labute approximate surface area is 172 Å². The average Bonchev–Trinajstić information content (AvgIpc) is 3.13. The van der Waals surface area contributed by atoms with Gasteiger partial charge in [-0.3, -0.25) is 4.57 Å². The van der Waals surface area contributed by atoms with Crippen LogP contribution in [0.3, 0.4) is 0 Å². The topological polar surface area (TPSA) is 76.7 Å². The fourth-order valence-electron chi connectivity index (χ4n) is 3.37. The van der Waals surface area contributed by atoms with Gasteiger partial charge in [-0.25, -0.2) is 9.18 Å². The monoisotopic (exact) mass is 410 g/mol. The van der Waals surface area contributed by atoms with Crippen LogP contribution in [0.1, 0.15) is 18.4 Å². The van der Waals surface area contributed by atoms with E-state index >= 15 is 0 Å².